The molecule has 2 fully saturated rings. The Balaban J connectivity index is 0.701. The van der Waals surface area contributed by atoms with Gasteiger partial charge in [-0.3, -0.25) is 19.2 Å². The Morgan fingerprint density at radius 1 is 0.627 bits per heavy atom. The molecule has 2 amide bonds. The summed E-state index contributed by atoms with van der Waals surface area (Å²) in [5, 5.41) is 56.4. The number of aromatic nitrogens is 2. The van der Waals surface area contributed by atoms with E-state index in [0.29, 0.717) is 81.0 Å². The van der Waals surface area contributed by atoms with E-state index in [4.69, 9.17) is 37.4 Å². The molecular weight excluding hydrogens is 1010 g/mol. The third-order valence-electron chi connectivity index (χ3n) is 13.9. The van der Waals surface area contributed by atoms with Gasteiger partial charge in [-0.05, 0) is 73.2 Å². The van der Waals surface area contributed by atoms with Crippen LogP contribution in [0.5, 0.6) is 23.0 Å². The molecule has 0 aliphatic carbocycles. The number of nitrogens with one attached hydrogen (secondary N) is 6. The standard InChI is InChI=1S/C54H64Cl2N8O11/c1-73-47-25-41(39(55)23-31(47)27-57-29-45(67)35-3-7-43(65)53-37(35)5-9-49(69)61-53)59-51(71)15-21-63-17-11-33(12-18-63)75-34-13-19-64(20-14-34)22-16-52(72)60-42-26-48(74-2)32(24-40(42)56)28-58-30-46(68)36-4-8-44(66)54-38(36)6-10-50(70)62-54/h3-10,23-26,33-34,45-46,57-58,65-68H,11-22,27-30H2,1-2H3,(H,59,71)(H,60,72)(H,61,69)(H,62,70)/t45-,46-/m0/s1. The summed E-state index contributed by atoms with van der Waals surface area (Å²) in [6.07, 6.45) is 2.49. The number of pyridine rings is 2. The van der Waals surface area contributed by atoms with Gasteiger partial charge >= 0.3 is 0 Å². The second-order valence-corrected chi connectivity index (χ2v) is 19.8. The fraction of sp³-hybridized carbons (Fsp3) is 0.407. The molecule has 0 spiro atoms. The first-order chi connectivity index (χ1) is 36.2. The average Bonchev–Trinajstić information content (AvgIpc) is 3.40. The Bertz CT molecular complexity index is 2900. The number of H-pyrrole nitrogens is 2. The summed E-state index contributed by atoms with van der Waals surface area (Å²) >= 11 is 13.3. The van der Waals surface area contributed by atoms with Crippen LogP contribution in [0.1, 0.15) is 73.0 Å². The van der Waals surface area contributed by atoms with Crippen molar-refractivity contribution in [3.8, 4) is 23.0 Å². The number of likely N-dealkylation sites (tertiary alicyclic amines) is 2. The highest BCUT2D eigenvalue weighted by molar-refractivity contribution is 6.34. The van der Waals surface area contributed by atoms with Gasteiger partial charge in [0.15, 0.2) is 0 Å². The van der Waals surface area contributed by atoms with Crippen LogP contribution in [0, 0.1) is 0 Å². The predicted molar refractivity (Wildman–Crippen MR) is 288 cm³/mol. The van der Waals surface area contributed by atoms with Crippen molar-refractivity contribution in [3.05, 3.63) is 126 Å². The number of carbonyl (C=O) groups excluding carboxylic acids is 2. The number of halogens is 2. The molecule has 6 aromatic rings. The van der Waals surface area contributed by atoms with E-state index in [1.807, 2.05) is 0 Å². The van der Waals surface area contributed by atoms with Crippen molar-refractivity contribution in [3.63, 3.8) is 0 Å². The number of aliphatic hydroxyl groups is 2. The summed E-state index contributed by atoms with van der Waals surface area (Å²) in [6, 6.07) is 18.7. The molecule has 2 atom stereocenters. The van der Waals surface area contributed by atoms with E-state index in [0.717, 1.165) is 63.0 Å². The van der Waals surface area contributed by atoms with Crippen LogP contribution in [0.25, 0.3) is 21.8 Å². The number of amides is 2. The molecule has 2 aromatic heterocycles. The van der Waals surface area contributed by atoms with E-state index >= 15 is 0 Å². The minimum Gasteiger partial charge on any atom is -0.506 e. The van der Waals surface area contributed by atoms with Crippen molar-refractivity contribution in [2.75, 3.05) is 77.2 Å². The number of phenolic OH excluding ortho intramolecular Hbond substituents is 2. The zero-order chi connectivity index (χ0) is 53.2. The molecule has 2 saturated heterocycles. The van der Waals surface area contributed by atoms with E-state index in [-0.39, 0.29) is 83.6 Å². The van der Waals surface area contributed by atoms with Crippen molar-refractivity contribution < 1.29 is 44.2 Å². The highest BCUT2D eigenvalue weighted by Crippen LogP contribution is 2.35. The number of aromatic amines is 2. The maximum Gasteiger partial charge on any atom is 0.248 e. The van der Waals surface area contributed by atoms with Crippen LogP contribution in [-0.4, -0.2) is 131 Å². The summed E-state index contributed by atoms with van der Waals surface area (Å²) in [6.45, 7) is 5.42. The molecule has 0 bridgehead atoms. The number of piperidine rings is 2. The quantitative estimate of drug-likeness (QED) is 0.0371. The van der Waals surface area contributed by atoms with Crippen LogP contribution in [0.2, 0.25) is 10.0 Å². The second-order valence-electron chi connectivity index (χ2n) is 19.0. The minimum atomic E-state index is -0.944. The molecule has 8 rings (SSSR count). The molecule has 2 aliphatic rings. The number of aromatic hydroxyl groups is 2. The smallest absolute Gasteiger partial charge is 0.248 e. The third-order valence-corrected chi connectivity index (χ3v) is 14.5. The molecule has 19 nitrogen and oxygen atoms in total. The van der Waals surface area contributed by atoms with Crippen molar-refractivity contribution in [2.45, 2.75) is 76.0 Å². The Kier molecular flexibility index (Phi) is 18.7. The average molecular weight is 1070 g/mol. The second kappa shape index (κ2) is 25.5. The summed E-state index contributed by atoms with van der Waals surface area (Å²) < 4.78 is 17.8. The minimum absolute atomic E-state index is 0.0846. The monoisotopic (exact) mass is 1070 g/mol. The van der Waals surface area contributed by atoms with Gasteiger partial charge in [-0.15, -0.1) is 0 Å². The number of anilines is 2. The maximum absolute atomic E-state index is 13.1. The number of hydrogen-bond acceptors (Lipinski definition) is 15. The summed E-state index contributed by atoms with van der Waals surface area (Å²) in [5.41, 5.74) is 3.21. The Labute approximate surface area is 443 Å². The Hall–Kier alpha value is -6.26. The van der Waals surface area contributed by atoms with Crippen molar-refractivity contribution >= 4 is 68.2 Å². The number of carbonyl (C=O) groups is 2. The number of methoxy groups -OCH3 is 2. The topological polar surface area (TPSA) is 263 Å². The third kappa shape index (κ3) is 14.2. The molecular formula is C54H64Cl2N8O11. The lowest BCUT2D eigenvalue weighted by Gasteiger charge is -2.37. The van der Waals surface area contributed by atoms with Crippen LogP contribution < -0.4 is 41.9 Å². The largest absolute Gasteiger partial charge is 0.506 e. The zero-order valence-corrected chi connectivity index (χ0v) is 43.4. The number of fused-ring (bicyclic) bond motifs is 2. The molecule has 10 N–H and O–H groups in total. The van der Waals surface area contributed by atoms with E-state index in [2.05, 4.69) is 41.0 Å². The molecule has 4 heterocycles. The van der Waals surface area contributed by atoms with Gasteiger partial charge in [0, 0.05) is 124 Å². The number of aliphatic hydroxyl groups excluding tert-OH is 2. The highest BCUT2D eigenvalue weighted by Gasteiger charge is 2.27. The van der Waals surface area contributed by atoms with Gasteiger partial charge in [-0.1, -0.05) is 35.3 Å². The van der Waals surface area contributed by atoms with Gasteiger partial charge in [-0.2, -0.15) is 0 Å². The Morgan fingerprint density at radius 3 is 1.41 bits per heavy atom. The van der Waals surface area contributed by atoms with Crippen LogP contribution >= 0.6 is 23.2 Å². The lowest BCUT2D eigenvalue weighted by molar-refractivity contribution is -0.117. The number of benzene rings is 4. The normalized spacial score (nSPS) is 15.8. The lowest BCUT2D eigenvalue weighted by Crippen LogP contribution is -2.43. The van der Waals surface area contributed by atoms with Gasteiger partial charge in [0.2, 0.25) is 22.9 Å². The van der Waals surface area contributed by atoms with Gasteiger partial charge in [-0.25, -0.2) is 0 Å². The molecule has 75 heavy (non-hydrogen) atoms. The summed E-state index contributed by atoms with van der Waals surface area (Å²) in [4.78, 5) is 59.5. The maximum atomic E-state index is 13.1. The molecule has 0 saturated carbocycles. The first-order valence-corrected chi connectivity index (χ1v) is 25.8. The number of rotatable bonds is 22. The fourth-order valence-electron chi connectivity index (χ4n) is 9.80. The van der Waals surface area contributed by atoms with Crippen molar-refractivity contribution in [2.24, 2.45) is 0 Å². The fourth-order valence-corrected chi connectivity index (χ4v) is 10.3. The SMILES string of the molecule is COc1cc(NC(=O)CCN2CCC(OC3CCN(CCC(=O)Nc4cc(OC)c(CNC[C@H](O)c5ccc(O)c6[nH]c(=O)ccc56)cc4Cl)CC3)CC2)c(Cl)cc1CNC[C@H](O)c1ccc(O)c2[nH]c(=O)ccc12. The summed E-state index contributed by atoms with van der Waals surface area (Å²) in [7, 11) is 3.06. The van der Waals surface area contributed by atoms with E-state index in [1.165, 1.54) is 38.5 Å². The zero-order valence-electron chi connectivity index (χ0n) is 41.8. The predicted octanol–water partition coefficient (Wildman–Crippen LogP) is 6.05. The summed E-state index contributed by atoms with van der Waals surface area (Å²) in [5.74, 6) is 0.523. The molecule has 21 heteroatoms. The first-order valence-electron chi connectivity index (χ1n) is 25.1. The van der Waals surface area contributed by atoms with Gasteiger partial charge in [0.25, 0.3) is 0 Å². The Morgan fingerprint density at radius 2 is 1.03 bits per heavy atom. The van der Waals surface area contributed by atoms with E-state index < -0.39 is 12.2 Å². The number of ether oxygens (including phenoxy) is 3. The molecule has 4 aromatic carbocycles. The van der Waals surface area contributed by atoms with Gasteiger partial charge in [0.1, 0.15) is 23.0 Å². The van der Waals surface area contributed by atoms with Crippen LogP contribution in [0.15, 0.2) is 82.4 Å². The van der Waals surface area contributed by atoms with Crippen LogP contribution in [0.3, 0.4) is 0 Å². The highest BCUT2D eigenvalue weighted by atomic mass is 35.5. The number of nitrogens with zero attached hydrogens (tertiary/aromatic N) is 2. The first kappa shape index (κ1) is 55.0. The van der Waals surface area contributed by atoms with Crippen LogP contribution in [-0.2, 0) is 27.4 Å². The number of hydrogen-bond donors (Lipinski definition) is 10. The van der Waals surface area contributed by atoms with Crippen molar-refractivity contribution in [1.82, 2.24) is 30.4 Å². The molecule has 0 radical (unpaired) electrons. The van der Waals surface area contributed by atoms with Crippen molar-refractivity contribution in [1.29, 1.82) is 0 Å². The lowest BCUT2D eigenvalue weighted by atomic mass is 10.0. The molecule has 0 unspecified atom stereocenters. The van der Waals surface area contributed by atoms with Gasteiger partial charge < -0.3 is 75.7 Å². The molecule has 2 aliphatic heterocycles. The van der Waals surface area contributed by atoms with E-state index in [9.17, 15) is 39.6 Å². The van der Waals surface area contributed by atoms with Gasteiger partial charge in [0.05, 0.1) is 71.1 Å². The van der Waals surface area contributed by atoms with E-state index in [1.54, 1.807) is 48.5 Å². The molecule has 400 valence electrons. The number of phenols is 2. The van der Waals surface area contributed by atoms with Crippen LogP contribution in [0.4, 0.5) is 11.4 Å².